The molecule has 0 amide bonds. The van der Waals surface area contributed by atoms with Gasteiger partial charge in [-0.25, -0.2) is 0 Å². The lowest BCUT2D eigenvalue weighted by atomic mass is 9.80. The van der Waals surface area contributed by atoms with Gasteiger partial charge in [0.15, 0.2) is 0 Å². The van der Waals surface area contributed by atoms with Gasteiger partial charge in [-0.3, -0.25) is 0 Å². The van der Waals surface area contributed by atoms with Crippen LogP contribution in [0.3, 0.4) is 0 Å². The number of hydrogen-bond acceptors (Lipinski definition) is 2. The Bertz CT molecular complexity index is 365. The Hall–Kier alpha value is -0.860. The minimum Gasteiger partial charge on any atom is -0.396 e. The highest BCUT2D eigenvalue weighted by Crippen LogP contribution is 2.32. The van der Waals surface area contributed by atoms with E-state index >= 15 is 0 Å². The van der Waals surface area contributed by atoms with Crippen LogP contribution >= 0.6 is 0 Å². The van der Waals surface area contributed by atoms with Gasteiger partial charge in [-0.05, 0) is 49.6 Å². The van der Waals surface area contributed by atoms with Crippen LogP contribution in [-0.4, -0.2) is 24.3 Å². The van der Waals surface area contributed by atoms with E-state index in [1.54, 1.807) is 0 Å². The summed E-state index contributed by atoms with van der Waals surface area (Å²) in [5, 5.41) is 12.8. The summed E-state index contributed by atoms with van der Waals surface area (Å²) in [4.78, 5) is 0. The van der Waals surface area contributed by atoms with E-state index in [0.29, 0.717) is 24.5 Å². The smallest absolute Gasteiger partial charge is 0.0456 e. The first-order valence-electron chi connectivity index (χ1n) is 8.20. The van der Waals surface area contributed by atoms with E-state index in [0.717, 1.165) is 13.0 Å². The topological polar surface area (TPSA) is 32.3 Å². The Morgan fingerprint density at radius 2 is 1.95 bits per heavy atom. The molecule has 1 saturated carbocycles. The summed E-state index contributed by atoms with van der Waals surface area (Å²) >= 11 is 0. The molecule has 2 heteroatoms. The minimum absolute atomic E-state index is 0.316. The summed E-state index contributed by atoms with van der Waals surface area (Å²) in [6.07, 6.45) is 7.61. The highest BCUT2D eigenvalue weighted by atomic mass is 16.3. The molecule has 0 heterocycles. The highest BCUT2D eigenvalue weighted by Gasteiger charge is 2.25. The predicted molar refractivity (Wildman–Crippen MR) is 84.9 cm³/mol. The molecule has 0 saturated heterocycles. The second-order valence-corrected chi connectivity index (χ2v) is 6.29. The molecule has 1 aromatic rings. The Morgan fingerprint density at radius 1 is 1.20 bits per heavy atom. The quantitative estimate of drug-likeness (QED) is 0.744. The maximum Gasteiger partial charge on any atom is 0.0456 e. The number of hydrogen-bond donors (Lipinski definition) is 2. The van der Waals surface area contributed by atoms with Crippen LogP contribution in [0, 0.1) is 5.92 Å². The molecule has 1 aromatic carbocycles. The molecule has 0 spiro atoms. The monoisotopic (exact) mass is 275 g/mol. The maximum atomic E-state index is 9.05. The lowest BCUT2D eigenvalue weighted by Crippen LogP contribution is -2.37. The number of benzene rings is 1. The van der Waals surface area contributed by atoms with Crippen LogP contribution in [0.1, 0.15) is 56.9 Å². The van der Waals surface area contributed by atoms with Gasteiger partial charge in [-0.15, -0.1) is 0 Å². The van der Waals surface area contributed by atoms with Gasteiger partial charge in [0, 0.05) is 12.6 Å². The van der Waals surface area contributed by atoms with Crippen molar-refractivity contribution in [1.82, 2.24) is 5.32 Å². The second-order valence-electron chi connectivity index (χ2n) is 6.29. The van der Waals surface area contributed by atoms with E-state index in [9.17, 15) is 0 Å². The molecule has 1 aliphatic carbocycles. The molecule has 2 nitrogen and oxygen atoms in total. The first-order valence-corrected chi connectivity index (χ1v) is 8.20. The third kappa shape index (κ3) is 4.60. The first-order chi connectivity index (χ1) is 9.81. The van der Waals surface area contributed by atoms with Gasteiger partial charge in [0.05, 0.1) is 0 Å². The largest absolute Gasteiger partial charge is 0.396 e. The number of nitrogens with one attached hydrogen (secondary N) is 1. The summed E-state index contributed by atoms with van der Waals surface area (Å²) in [6, 6.07) is 11.6. The van der Waals surface area contributed by atoms with Crippen LogP contribution in [0.2, 0.25) is 0 Å². The number of aliphatic hydroxyl groups is 1. The summed E-state index contributed by atoms with van der Waals surface area (Å²) in [5.74, 6) is 1.12. The van der Waals surface area contributed by atoms with Crippen molar-refractivity contribution in [3.05, 3.63) is 35.9 Å². The Balaban J connectivity index is 1.82. The fourth-order valence-electron chi connectivity index (χ4n) is 3.30. The van der Waals surface area contributed by atoms with E-state index < -0.39 is 0 Å². The molecule has 2 N–H and O–H groups in total. The average Bonchev–Trinajstić information content (AvgIpc) is 2.52. The first kappa shape index (κ1) is 15.5. The van der Waals surface area contributed by atoms with Gasteiger partial charge in [0.1, 0.15) is 0 Å². The highest BCUT2D eigenvalue weighted by molar-refractivity contribution is 5.21. The molecule has 20 heavy (non-hydrogen) atoms. The van der Waals surface area contributed by atoms with Crippen LogP contribution < -0.4 is 5.32 Å². The van der Waals surface area contributed by atoms with E-state index in [1.165, 1.54) is 37.7 Å². The third-order valence-corrected chi connectivity index (χ3v) is 4.59. The van der Waals surface area contributed by atoms with Gasteiger partial charge in [0.25, 0.3) is 0 Å². The third-order valence-electron chi connectivity index (χ3n) is 4.59. The molecule has 112 valence electrons. The van der Waals surface area contributed by atoms with Gasteiger partial charge in [-0.1, -0.05) is 50.1 Å². The van der Waals surface area contributed by atoms with E-state index in [1.807, 2.05) is 0 Å². The SMILES string of the molecule is CC(CO)CCCNC1CCCCC1c1ccccc1. The van der Waals surface area contributed by atoms with Crippen molar-refractivity contribution < 1.29 is 5.11 Å². The normalized spacial score (nSPS) is 24.5. The molecule has 3 atom stereocenters. The molecule has 1 fully saturated rings. The van der Waals surface area contributed by atoms with Gasteiger partial charge >= 0.3 is 0 Å². The lowest BCUT2D eigenvalue weighted by Gasteiger charge is -2.33. The standard InChI is InChI=1S/C18H29NO/c1-15(14-20)8-7-13-19-18-12-6-5-11-17(18)16-9-3-2-4-10-16/h2-4,9-10,15,17-20H,5-8,11-14H2,1H3. The number of rotatable bonds is 7. The summed E-state index contributed by atoms with van der Waals surface area (Å²) in [5.41, 5.74) is 1.49. The zero-order chi connectivity index (χ0) is 14.2. The summed E-state index contributed by atoms with van der Waals surface area (Å²) < 4.78 is 0. The van der Waals surface area contributed by atoms with Crippen molar-refractivity contribution in [2.75, 3.05) is 13.2 Å². The molecule has 3 unspecified atom stereocenters. The Morgan fingerprint density at radius 3 is 2.70 bits per heavy atom. The molecular formula is C18H29NO. The molecule has 1 aliphatic rings. The van der Waals surface area contributed by atoms with Crippen LogP contribution in [0.4, 0.5) is 0 Å². The lowest BCUT2D eigenvalue weighted by molar-refractivity contribution is 0.226. The van der Waals surface area contributed by atoms with Crippen LogP contribution in [0.5, 0.6) is 0 Å². The Labute approximate surface area is 123 Å². The van der Waals surface area contributed by atoms with Crippen molar-refractivity contribution in [3.63, 3.8) is 0 Å². The van der Waals surface area contributed by atoms with E-state index in [2.05, 4.69) is 42.6 Å². The summed E-state index contributed by atoms with van der Waals surface area (Å²) in [7, 11) is 0. The molecule has 0 bridgehead atoms. The van der Waals surface area contributed by atoms with E-state index in [4.69, 9.17) is 5.11 Å². The Kier molecular flexibility index (Phi) is 6.55. The van der Waals surface area contributed by atoms with Crippen molar-refractivity contribution >= 4 is 0 Å². The fraction of sp³-hybridized carbons (Fsp3) is 0.667. The van der Waals surface area contributed by atoms with Crippen LogP contribution in [-0.2, 0) is 0 Å². The van der Waals surface area contributed by atoms with E-state index in [-0.39, 0.29) is 0 Å². The van der Waals surface area contributed by atoms with Crippen molar-refractivity contribution in [2.45, 2.75) is 57.4 Å². The van der Waals surface area contributed by atoms with Crippen LogP contribution in [0.25, 0.3) is 0 Å². The predicted octanol–water partition coefficient (Wildman–Crippen LogP) is 3.71. The summed E-state index contributed by atoms with van der Waals surface area (Å²) in [6.45, 7) is 3.52. The van der Waals surface area contributed by atoms with Crippen molar-refractivity contribution in [1.29, 1.82) is 0 Å². The minimum atomic E-state index is 0.316. The van der Waals surface area contributed by atoms with Crippen molar-refractivity contribution in [2.24, 2.45) is 5.92 Å². The van der Waals surface area contributed by atoms with Crippen LogP contribution in [0.15, 0.2) is 30.3 Å². The van der Waals surface area contributed by atoms with Crippen molar-refractivity contribution in [3.8, 4) is 0 Å². The molecule has 0 radical (unpaired) electrons. The molecule has 0 aromatic heterocycles. The number of aliphatic hydroxyl groups excluding tert-OH is 1. The molecule has 0 aliphatic heterocycles. The molecular weight excluding hydrogens is 246 g/mol. The zero-order valence-corrected chi connectivity index (χ0v) is 12.7. The van der Waals surface area contributed by atoms with Gasteiger partial charge < -0.3 is 10.4 Å². The fourth-order valence-corrected chi connectivity index (χ4v) is 3.30. The maximum absolute atomic E-state index is 9.05. The zero-order valence-electron chi connectivity index (χ0n) is 12.7. The van der Waals surface area contributed by atoms with Gasteiger partial charge in [-0.2, -0.15) is 0 Å². The second kappa shape index (κ2) is 8.43. The molecule has 2 rings (SSSR count). The average molecular weight is 275 g/mol. The van der Waals surface area contributed by atoms with Gasteiger partial charge in [0.2, 0.25) is 0 Å².